The van der Waals surface area contributed by atoms with Crippen LogP contribution in [0.2, 0.25) is 5.02 Å². The van der Waals surface area contributed by atoms with Crippen LogP contribution in [0.1, 0.15) is 6.92 Å². The molecule has 1 aromatic rings. The normalized spacial score (nSPS) is 20.8. The summed E-state index contributed by atoms with van der Waals surface area (Å²) in [5.74, 6) is 0.695. The number of nitrogens with zero attached hydrogens (tertiary/aromatic N) is 3. The molecule has 16 heavy (non-hydrogen) atoms. The van der Waals surface area contributed by atoms with Crippen molar-refractivity contribution in [2.45, 2.75) is 13.0 Å². The van der Waals surface area contributed by atoms with E-state index in [4.69, 9.17) is 17.3 Å². The Bertz CT molecular complexity index is 424. The second-order valence-electron chi connectivity index (χ2n) is 3.56. The molecule has 2 heterocycles. The summed E-state index contributed by atoms with van der Waals surface area (Å²) in [5.41, 5.74) is 5.60. The lowest BCUT2D eigenvalue weighted by atomic mass is 10.2. The first-order valence-electron chi connectivity index (χ1n) is 4.91. The first-order valence-corrected chi connectivity index (χ1v) is 5.29. The first kappa shape index (κ1) is 10.9. The van der Waals surface area contributed by atoms with E-state index in [9.17, 15) is 4.79 Å². The minimum Gasteiger partial charge on any atom is -0.382 e. The van der Waals surface area contributed by atoms with Gasteiger partial charge in [0.25, 0.3) is 0 Å². The molecule has 0 spiro atoms. The quantitative estimate of drug-likeness (QED) is 0.725. The molecule has 7 heteroatoms. The Balaban J connectivity index is 2.36. The smallest absolute Gasteiger partial charge is 0.242 e. The molecule has 0 bridgehead atoms. The number of anilines is 2. The number of amides is 1. The summed E-state index contributed by atoms with van der Waals surface area (Å²) < 4.78 is 0. The van der Waals surface area contributed by atoms with Crippen LogP contribution in [0.15, 0.2) is 6.33 Å². The van der Waals surface area contributed by atoms with Gasteiger partial charge in [0.05, 0.1) is 0 Å². The molecule has 0 radical (unpaired) electrons. The van der Waals surface area contributed by atoms with E-state index in [0.29, 0.717) is 23.9 Å². The molecule has 6 nitrogen and oxygen atoms in total. The number of hydrogen-bond donors (Lipinski definition) is 2. The van der Waals surface area contributed by atoms with E-state index < -0.39 is 0 Å². The third kappa shape index (κ3) is 1.76. The van der Waals surface area contributed by atoms with Crippen molar-refractivity contribution in [1.29, 1.82) is 0 Å². The maximum absolute atomic E-state index is 11.5. The van der Waals surface area contributed by atoms with E-state index in [2.05, 4.69) is 15.3 Å². The number of carbonyl (C=O) groups is 1. The van der Waals surface area contributed by atoms with Gasteiger partial charge in [0.15, 0.2) is 5.82 Å². The Morgan fingerprint density at radius 1 is 1.62 bits per heavy atom. The number of rotatable bonds is 1. The Hall–Kier alpha value is -1.56. The molecule has 1 aromatic heterocycles. The van der Waals surface area contributed by atoms with E-state index in [1.54, 1.807) is 6.92 Å². The van der Waals surface area contributed by atoms with Crippen LogP contribution < -0.4 is 16.0 Å². The number of halogens is 1. The number of nitrogen functional groups attached to an aromatic ring is 1. The molecular formula is C9H12ClN5O. The Morgan fingerprint density at radius 3 is 3.12 bits per heavy atom. The van der Waals surface area contributed by atoms with Crippen LogP contribution >= 0.6 is 11.6 Å². The number of nitrogens with two attached hydrogens (primary N) is 1. The highest BCUT2D eigenvalue weighted by Gasteiger charge is 2.28. The van der Waals surface area contributed by atoms with Gasteiger partial charge in [0.1, 0.15) is 23.2 Å². The summed E-state index contributed by atoms with van der Waals surface area (Å²) in [5, 5.41) is 3.06. The summed E-state index contributed by atoms with van der Waals surface area (Å²) >= 11 is 6.02. The molecule has 1 atom stereocenters. The van der Waals surface area contributed by atoms with Crippen LogP contribution in [0, 0.1) is 0 Å². The van der Waals surface area contributed by atoms with Crippen LogP contribution in [0.25, 0.3) is 0 Å². The first-order chi connectivity index (χ1) is 7.61. The Morgan fingerprint density at radius 2 is 2.38 bits per heavy atom. The summed E-state index contributed by atoms with van der Waals surface area (Å²) in [4.78, 5) is 21.2. The van der Waals surface area contributed by atoms with Crippen molar-refractivity contribution < 1.29 is 4.79 Å². The van der Waals surface area contributed by atoms with Gasteiger partial charge in [-0.15, -0.1) is 0 Å². The molecule has 1 aliphatic heterocycles. The number of carbonyl (C=O) groups excluding carboxylic acids is 1. The largest absolute Gasteiger partial charge is 0.382 e. The second kappa shape index (κ2) is 4.13. The highest BCUT2D eigenvalue weighted by Crippen LogP contribution is 2.28. The van der Waals surface area contributed by atoms with Crippen molar-refractivity contribution in [2.24, 2.45) is 0 Å². The average molecular weight is 242 g/mol. The average Bonchev–Trinajstić information content (AvgIpc) is 2.27. The predicted molar refractivity (Wildman–Crippen MR) is 61.3 cm³/mol. The summed E-state index contributed by atoms with van der Waals surface area (Å²) in [6, 6.07) is -0.305. The molecular weight excluding hydrogens is 230 g/mol. The maximum atomic E-state index is 11.5. The van der Waals surface area contributed by atoms with Crippen LogP contribution in [-0.4, -0.2) is 35.0 Å². The molecule has 1 amide bonds. The lowest BCUT2D eigenvalue weighted by Gasteiger charge is -2.34. The zero-order valence-electron chi connectivity index (χ0n) is 8.77. The van der Waals surface area contributed by atoms with Crippen molar-refractivity contribution >= 4 is 29.1 Å². The van der Waals surface area contributed by atoms with Gasteiger partial charge in [-0.25, -0.2) is 9.97 Å². The topological polar surface area (TPSA) is 84.1 Å². The molecule has 1 unspecified atom stereocenters. The number of nitrogens with one attached hydrogen (secondary N) is 1. The molecule has 0 aromatic carbocycles. The molecule has 2 rings (SSSR count). The third-order valence-corrected chi connectivity index (χ3v) is 2.93. The van der Waals surface area contributed by atoms with Gasteiger partial charge in [-0.1, -0.05) is 11.6 Å². The maximum Gasteiger partial charge on any atom is 0.242 e. The molecule has 1 aliphatic rings. The van der Waals surface area contributed by atoms with E-state index in [1.807, 2.05) is 4.90 Å². The molecule has 0 aliphatic carbocycles. The van der Waals surface area contributed by atoms with E-state index in [-0.39, 0.29) is 17.8 Å². The van der Waals surface area contributed by atoms with Gasteiger partial charge in [-0.05, 0) is 6.92 Å². The van der Waals surface area contributed by atoms with Gasteiger partial charge >= 0.3 is 0 Å². The van der Waals surface area contributed by atoms with E-state index in [1.165, 1.54) is 6.33 Å². The fourth-order valence-corrected chi connectivity index (χ4v) is 1.85. The SMILES string of the molecule is CC1C(=O)NCCN1c1ncnc(N)c1Cl. The van der Waals surface area contributed by atoms with Gasteiger partial charge in [-0.3, -0.25) is 4.79 Å². The van der Waals surface area contributed by atoms with E-state index in [0.717, 1.165) is 0 Å². The number of hydrogen-bond acceptors (Lipinski definition) is 5. The van der Waals surface area contributed by atoms with Crippen LogP contribution in [0.3, 0.4) is 0 Å². The molecule has 1 saturated heterocycles. The summed E-state index contributed by atoms with van der Waals surface area (Å²) in [6.45, 7) is 3.02. The van der Waals surface area contributed by atoms with Crippen LogP contribution in [-0.2, 0) is 4.79 Å². The second-order valence-corrected chi connectivity index (χ2v) is 3.93. The predicted octanol–water partition coefficient (Wildman–Crippen LogP) is 0.0369. The lowest BCUT2D eigenvalue weighted by Crippen LogP contribution is -2.54. The van der Waals surface area contributed by atoms with Gasteiger partial charge in [0.2, 0.25) is 5.91 Å². The number of piperazine rings is 1. The standard InChI is InChI=1S/C9H12ClN5O/c1-5-9(16)12-2-3-15(5)8-6(10)7(11)13-4-14-8/h4-5H,2-3H2,1H3,(H,12,16)(H2,11,13,14). The van der Waals surface area contributed by atoms with Crippen LogP contribution in [0.4, 0.5) is 11.6 Å². The van der Waals surface area contributed by atoms with Crippen molar-refractivity contribution in [2.75, 3.05) is 23.7 Å². The summed E-state index contributed by atoms with van der Waals surface area (Å²) in [6.07, 6.45) is 1.34. The van der Waals surface area contributed by atoms with Crippen molar-refractivity contribution in [3.8, 4) is 0 Å². The van der Waals surface area contributed by atoms with Crippen molar-refractivity contribution in [1.82, 2.24) is 15.3 Å². The zero-order chi connectivity index (χ0) is 11.7. The van der Waals surface area contributed by atoms with Gasteiger partial charge in [0, 0.05) is 13.1 Å². The van der Waals surface area contributed by atoms with Crippen molar-refractivity contribution in [3.05, 3.63) is 11.3 Å². The molecule has 3 N–H and O–H groups in total. The van der Waals surface area contributed by atoms with Gasteiger partial charge in [-0.2, -0.15) is 0 Å². The van der Waals surface area contributed by atoms with Crippen LogP contribution in [0.5, 0.6) is 0 Å². The molecule has 0 saturated carbocycles. The Kier molecular flexibility index (Phi) is 2.82. The van der Waals surface area contributed by atoms with Gasteiger partial charge < -0.3 is 16.0 Å². The number of aromatic nitrogens is 2. The lowest BCUT2D eigenvalue weighted by molar-refractivity contribution is -0.122. The zero-order valence-corrected chi connectivity index (χ0v) is 9.53. The fraction of sp³-hybridized carbons (Fsp3) is 0.444. The molecule has 86 valence electrons. The molecule has 1 fully saturated rings. The highest BCUT2D eigenvalue weighted by molar-refractivity contribution is 6.35. The van der Waals surface area contributed by atoms with Crippen molar-refractivity contribution in [3.63, 3.8) is 0 Å². The minimum absolute atomic E-state index is 0.0421. The highest BCUT2D eigenvalue weighted by atomic mass is 35.5. The summed E-state index contributed by atoms with van der Waals surface area (Å²) in [7, 11) is 0. The minimum atomic E-state index is -0.305. The Labute approximate surface area is 97.8 Å². The third-order valence-electron chi connectivity index (χ3n) is 2.57. The fourth-order valence-electron chi connectivity index (χ4n) is 1.65. The van der Waals surface area contributed by atoms with E-state index >= 15 is 0 Å². The monoisotopic (exact) mass is 241 g/mol.